The number of hydrogen-bond acceptors (Lipinski definition) is 3. The van der Waals surface area contributed by atoms with E-state index in [0.717, 1.165) is 28.3 Å². The molecule has 0 radical (unpaired) electrons. The lowest BCUT2D eigenvalue weighted by Crippen LogP contribution is -2.23. The maximum Gasteiger partial charge on any atom is 0.267 e. The van der Waals surface area contributed by atoms with Gasteiger partial charge in [0.2, 0.25) is 0 Å². The van der Waals surface area contributed by atoms with E-state index < -0.39 is 0 Å². The molecule has 118 valence electrons. The number of aromatic nitrogens is 4. The number of aryl methyl sites for hydroxylation is 1. The molecular weight excluding hydrogens is 300 g/mol. The smallest absolute Gasteiger partial charge is 0.267 e. The fraction of sp³-hybridized carbons (Fsp3) is 0.105. The summed E-state index contributed by atoms with van der Waals surface area (Å²) in [5.41, 5.74) is 4.38. The van der Waals surface area contributed by atoms with Crippen LogP contribution in [0, 0.1) is 6.92 Å². The highest BCUT2D eigenvalue weighted by atomic mass is 16.1. The van der Waals surface area contributed by atoms with Crippen molar-refractivity contribution in [2.75, 3.05) is 0 Å². The van der Waals surface area contributed by atoms with Gasteiger partial charge in [0.25, 0.3) is 5.56 Å². The van der Waals surface area contributed by atoms with Gasteiger partial charge in [-0.25, -0.2) is 9.67 Å². The lowest BCUT2D eigenvalue weighted by Gasteiger charge is -2.08. The van der Waals surface area contributed by atoms with Gasteiger partial charge in [0.15, 0.2) is 0 Å². The van der Waals surface area contributed by atoms with Gasteiger partial charge in [-0.3, -0.25) is 4.79 Å². The van der Waals surface area contributed by atoms with Crippen LogP contribution < -0.4 is 5.56 Å². The number of fused-ring (bicyclic) bond motifs is 1. The molecule has 0 saturated heterocycles. The molecule has 0 aliphatic heterocycles. The molecule has 3 heterocycles. The van der Waals surface area contributed by atoms with Gasteiger partial charge < -0.3 is 4.40 Å². The molecule has 0 aliphatic carbocycles. The molecule has 0 bridgehead atoms. The van der Waals surface area contributed by atoms with Gasteiger partial charge in [-0.15, -0.1) is 0 Å². The molecule has 0 atom stereocenters. The van der Waals surface area contributed by atoms with Gasteiger partial charge in [0.05, 0.1) is 23.6 Å². The molecule has 4 rings (SSSR count). The van der Waals surface area contributed by atoms with Gasteiger partial charge in [0, 0.05) is 17.8 Å². The van der Waals surface area contributed by atoms with Gasteiger partial charge in [-0.2, -0.15) is 5.10 Å². The highest BCUT2D eigenvalue weighted by Gasteiger charge is 2.11. The highest BCUT2D eigenvalue weighted by molar-refractivity contribution is 5.57. The summed E-state index contributed by atoms with van der Waals surface area (Å²) in [4.78, 5) is 16.8. The van der Waals surface area contributed by atoms with E-state index in [4.69, 9.17) is 0 Å². The first-order valence-corrected chi connectivity index (χ1v) is 7.78. The number of nitrogens with zero attached hydrogens (tertiary/aromatic N) is 4. The Morgan fingerprint density at radius 3 is 2.58 bits per heavy atom. The Bertz CT molecular complexity index is 1060. The third-order valence-electron chi connectivity index (χ3n) is 4.06. The van der Waals surface area contributed by atoms with Crippen LogP contribution in [0.3, 0.4) is 0 Å². The van der Waals surface area contributed by atoms with Crippen LogP contribution >= 0.6 is 0 Å². The summed E-state index contributed by atoms with van der Waals surface area (Å²) in [6, 6.07) is 19.0. The quantitative estimate of drug-likeness (QED) is 0.584. The fourth-order valence-corrected chi connectivity index (χ4v) is 2.82. The van der Waals surface area contributed by atoms with Gasteiger partial charge in [-0.1, -0.05) is 36.4 Å². The second kappa shape index (κ2) is 5.77. The van der Waals surface area contributed by atoms with E-state index in [-0.39, 0.29) is 5.56 Å². The summed E-state index contributed by atoms with van der Waals surface area (Å²) in [5, 5.41) is 4.53. The van der Waals surface area contributed by atoms with Crippen LogP contribution in [0.15, 0.2) is 71.7 Å². The maximum absolute atomic E-state index is 12.2. The molecular formula is C19H16N4O. The van der Waals surface area contributed by atoms with Gasteiger partial charge in [-0.05, 0) is 25.1 Å². The molecule has 0 fully saturated rings. The Balaban J connectivity index is 1.79. The van der Waals surface area contributed by atoms with Crippen molar-refractivity contribution in [2.24, 2.45) is 0 Å². The Kier molecular flexibility index (Phi) is 3.46. The Labute approximate surface area is 138 Å². The fourth-order valence-electron chi connectivity index (χ4n) is 2.82. The van der Waals surface area contributed by atoms with E-state index in [1.165, 1.54) is 4.68 Å². The Hall–Kier alpha value is -3.21. The summed E-state index contributed by atoms with van der Waals surface area (Å²) in [6.07, 6.45) is 1.96. The van der Waals surface area contributed by atoms with Gasteiger partial charge >= 0.3 is 0 Å². The monoisotopic (exact) mass is 316 g/mol. The van der Waals surface area contributed by atoms with Crippen molar-refractivity contribution in [3.63, 3.8) is 0 Å². The number of rotatable bonds is 3. The molecule has 0 aliphatic rings. The topological polar surface area (TPSA) is 52.2 Å². The van der Waals surface area contributed by atoms with Crippen LogP contribution in [-0.2, 0) is 6.54 Å². The minimum Gasteiger partial charge on any atom is -0.302 e. The van der Waals surface area contributed by atoms with Crippen molar-refractivity contribution in [3.8, 4) is 11.3 Å². The molecule has 5 heteroatoms. The third kappa shape index (κ3) is 2.50. The van der Waals surface area contributed by atoms with Gasteiger partial charge in [0.1, 0.15) is 5.65 Å². The zero-order valence-corrected chi connectivity index (χ0v) is 13.3. The van der Waals surface area contributed by atoms with E-state index in [1.54, 1.807) is 12.1 Å². The standard InChI is InChI=1S/C19H16N4O/c1-14-17(22-12-6-5-9-18(22)20-14)13-23-19(24)11-10-16(21-23)15-7-3-2-4-8-15/h2-12H,13H2,1H3. The molecule has 24 heavy (non-hydrogen) atoms. The number of imidazole rings is 1. The third-order valence-corrected chi connectivity index (χ3v) is 4.06. The molecule has 0 amide bonds. The molecule has 4 aromatic rings. The molecule has 0 unspecified atom stereocenters. The number of pyridine rings is 1. The number of hydrogen-bond donors (Lipinski definition) is 0. The first-order chi connectivity index (χ1) is 11.7. The summed E-state index contributed by atoms with van der Waals surface area (Å²) >= 11 is 0. The van der Waals surface area contributed by atoms with Crippen molar-refractivity contribution < 1.29 is 0 Å². The maximum atomic E-state index is 12.2. The van der Waals surface area contributed by atoms with E-state index in [9.17, 15) is 4.79 Å². The molecule has 0 saturated carbocycles. The summed E-state index contributed by atoms with van der Waals surface area (Å²) in [7, 11) is 0. The summed E-state index contributed by atoms with van der Waals surface area (Å²) < 4.78 is 3.49. The van der Waals surface area contributed by atoms with Crippen molar-refractivity contribution in [2.45, 2.75) is 13.5 Å². The predicted molar refractivity (Wildman–Crippen MR) is 93.0 cm³/mol. The first-order valence-electron chi connectivity index (χ1n) is 7.78. The van der Waals surface area contributed by atoms with E-state index in [1.807, 2.05) is 66.1 Å². The molecule has 5 nitrogen and oxygen atoms in total. The van der Waals surface area contributed by atoms with Crippen molar-refractivity contribution in [1.29, 1.82) is 0 Å². The van der Waals surface area contributed by atoms with Crippen molar-refractivity contribution in [3.05, 3.63) is 88.6 Å². The Morgan fingerprint density at radius 1 is 0.958 bits per heavy atom. The van der Waals surface area contributed by atoms with Crippen LogP contribution in [0.1, 0.15) is 11.4 Å². The molecule has 1 aromatic carbocycles. The average molecular weight is 316 g/mol. The molecule has 0 spiro atoms. The minimum atomic E-state index is -0.125. The largest absolute Gasteiger partial charge is 0.302 e. The minimum absolute atomic E-state index is 0.125. The van der Waals surface area contributed by atoms with Crippen LogP contribution in [0.2, 0.25) is 0 Å². The predicted octanol–water partition coefficient (Wildman–Crippen LogP) is 2.91. The first kappa shape index (κ1) is 14.4. The highest BCUT2D eigenvalue weighted by Crippen LogP contribution is 2.16. The molecule has 0 N–H and O–H groups in total. The summed E-state index contributed by atoms with van der Waals surface area (Å²) in [5.74, 6) is 0. The van der Waals surface area contributed by atoms with Crippen LogP contribution in [0.4, 0.5) is 0 Å². The molecule has 3 aromatic heterocycles. The lowest BCUT2D eigenvalue weighted by atomic mass is 10.1. The van der Waals surface area contributed by atoms with E-state index >= 15 is 0 Å². The Morgan fingerprint density at radius 2 is 1.75 bits per heavy atom. The second-order valence-electron chi connectivity index (χ2n) is 5.65. The summed E-state index contributed by atoms with van der Waals surface area (Å²) in [6.45, 7) is 2.34. The zero-order chi connectivity index (χ0) is 16.5. The van der Waals surface area contributed by atoms with Crippen LogP contribution in [0.5, 0.6) is 0 Å². The van der Waals surface area contributed by atoms with E-state index in [0.29, 0.717) is 6.54 Å². The zero-order valence-electron chi connectivity index (χ0n) is 13.3. The lowest BCUT2D eigenvalue weighted by molar-refractivity contribution is 0.625. The van der Waals surface area contributed by atoms with E-state index in [2.05, 4.69) is 10.1 Å². The average Bonchev–Trinajstić information content (AvgIpc) is 2.93. The van der Waals surface area contributed by atoms with Crippen molar-refractivity contribution >= 4 is 5.65 Å². The van der Waals surface area contributed by atoms with Crippen LogP contribution in [-0.4, -0.2) is 19.2 Å². The second-order valence-corrected chi connectivity index (χ2v) is 5.65. The SMILES string of the molecule is Cc1nc2ccccn2c1Cn1nc(-c2ccccc2)ccc1=O. The number of benzene rings is 1. The normalized spacial score (nSPS) is 11.0. The van der Waals surface area contributed by atoms with Crippen molar-refractivity contribution in [1.82, 2.24) is 19.2 Å². The van der Waals surface area contributed by atoms with Crippen LogP contribution in [0.25, 0.3) is 16.9 Å².